The van der Waals surface area contributed by atoms with Crippen LogP contribution in [0.5, 0.6) is 0 Å². The van der Waals surface area contributed by atoms with Crippen molar-refractivity contribution in [3.8, 4) is 28.2 Å². The van der Waals surface area contributed by atoms with Gasteiger partial charge in [-0.3, -0.25) is 4.57 Å². The summed E-state index contributed by atoms with van der Waals surface area (Å²) in [5.74, 6) is 1.02. The van der Waals surface area contributed by atoms with Crippen LogP contribution in [0.1, 0.15) is 80.1 Å². The van der Waals surface area contributed by atoms with Crippen LogP contribution >= 0.6 is 0 Å². The molecule has 272 valence electrons. The summed E-state index contributed by atoms with van der Waals surface area (Å²) in [6.07, 6.45) is -1.83. The van der Waals surface area contributed by atoms with Gasteiger partial charge < -0.3 is 13.3 Å². The van der Waals surface area contributed by atoms with E-state index in [2.05, 4.69) is 105 Å². The molecule has 0 aliphatic heterocycles. The molecule has 55 heavy (non-hydrogen) atoms. The summed E-state index contributed by atoms with van der Waals surface area (Å²) in [4.78, 5) is 10.2. The first-order valence-corrected chi connectivity index (χ1v) is 19.1. The predicted molar refractivity (Wildman–Crippen MR) is 225 cm³/mol. The molecule has 10 aromatic rings. The Hall–Kier alpha value is -6.14. The number of fused-ring (bicyclic) bond motifs is 9. The van der Waals surface area contributed by atoms with Gasteiger partial charge in [-0.15, -0.1) is 0 Å². The molecule has 0 amide bonds. The summed E-state index contributed by atoms with van der Waals surface area (Å²) >= 11 is 0. The first kappa shape index (κ1) is 31.2. The zero-order chi connectivity index (χ0) is 39.5. The van der Waals surface area contributed by atoms with E-state index in [1.165, 1.54) is 0 Å². The lowest BCUT2D eigenvalue weighted by Gasteiger charge is -2.24. The summed E-state index contributed by atoms with van der Waals surface area (Å²) in [6, 6.07) is 37.5. The standard InChI is InChI=1S/C49H43N3O3/c1-27(2)34-22-30(29-14-9-8-10-15-29)23-35(28(3)4)44(34)52-45-38(20-21-39-47(45)55-43(50-39)26-49(5,6)7)51-48(52)33-18-13-17-32-37-25-41-36(24-42(37)54-46(32)33)31-16-11-12-19-40(31)53-41/h8-25,27-28H,26H2,1-7H3/i26D2. The van der Waals surface area contributed by atoms with Gasteiger partial charge in [-0.05, 0) is 88.0 Å². The second-order valence-corrected chi connectivity index (χ2v) is 16.4. The largest absolute Gasteiger partial charge is 0.456 e. The van der Waals surface area contributed by atoms with Gasteiger partial charge in [0.1, 0.15) is 39.2 Å². The van der Waals surface area contributed by atoms with Gasteiger partial charge in [0.25, 0.3) is 0 Å². The Morgan fingerprint density at radius 1 is 0.600 bits per heavy atom. The van der Waals surface area contributed by atoms with E-state index in [1.54, 1.807) is 0 Å². The molecule has 0 aliphatic carbocycles. The van der Waals surface area contributed by atoms with Crippen LogP contribution in [0.2, 0.25) is 0 Å². The Balaban J connectivity index is 1.33. The maximum Gasteiger partial charge on any atom is 0.196 e. The van der Waals surface area contributed by atoms with E-state index in [9.17, 15) is 0 Å². The van der Waals surface area contributed by atoms with Crippen LogP contribution in [0.3, 0.4) is 0 Å². The Kier molecular flexibility index (Phi) is 6.92. The van der Waals surface area contributed by atoms with Gasteiger partial charge in [0, 0.05) is 30.7 Å². The van der Waals surface area contributed by atoms with Gasteiger partial charge >= 0.3 is 0 Å². The SMILES string of the molecule is [2H]C([2H])(c1nc2ccc3nc(-c4cccc5c4oc4cc6c(cc45)oc4ccccc46)n(-c4c(C(C)C)cc(-c5ccccc5)cc4C(C)C)c3c2o1)C(C)(C)C. The lowest BCUT2D eigenvalue weighted by Crippen LogP contribution is -2.09. The van der Waals surface area contributed by atoms with Crippen LogP contribution < -0.4 is 0 Å². The van der Waals surface area contributed by atoms with Crippen LogP contribution in [0, 0.1) is 5.41 Å². The van der Waals surface area contributed by atoms with Gasteiger partial charge in [-0.2, -0.15) is 0 Å². The number of hydrogen-bond donors (Lipinski definition) is 0. The molecule has 0 saturated carbocycles. The van der Waals surface area contributed by atoms with Crippen molar-refractivity contribution >= 4 is 66.0 Å². The fourth-order valence-corrected chi connectivity index (χ4v) is 8.12. The lowest BCUT2D eigenvalue weighted by atomic mass is 9.88. The monoisotopic (exact) mass is 723 g/mol. The van der Waals surface area contributed by atoms with E-state index in [-0.39, 0.29) is 17.7 Å². The van der Waals surface area contributed by atoms with Gasteiger partial charge in [0.05, 0.1) is 16.8 Å². The minimum atomic E-state index is -1.83. The van der Waals surface area contributed by atoms with Crippen molar-refractivity contribution < 1.29 is 16.0 Å². The van der Waals surface area contributed by atoms with Crippen molar-refractivity contribution in [1.29, 1.82) is 0 Å². The fraction of sp³-hybridized carbons (Fsp3) is 0.224. The first-order chi connectivity index (χ1) is 27.3. The second kappa shape index (κ2) is 12.2. The highest BCUT2D eigenvalue weighted by Crippen LogP contribution is 2.45. The maximum absolute atomic E-state index is 9.10. The van der Waals surface area contributed by atoms with E-state index in [0.29, 0.717) is 22.4 Å². The first-order valence-electron chi connectivity index (χ1n) is 20.1. The molecule has 0 saturated heterocycles. The quantitative estimate of drug-likeness (QED) is 0.171. The number of imidazole rings is 1. The van der Waals surface area contributed by atoms with Gasteiger partial charge in [0.15, 0.2) is 11.5 Å². The van der Waals surface area contributed by atoms with Gasteiger partial charge in [0.2, 0.25) is 0 Å². The highest BCUT2D eigenvalue weighted by molar-refractivity contribution is 6.16. The molecule has 0 spiro atoms. The number of furan rings is 2. The van der Waals surface area contributed by atoms with E-state index < -0.39 is 11.8 Å². The summed E-state index contributed by atoms with van der Waals surface area (Å²) in [6.45, 7) is 14.5. The average molecular weight is 724 g/mol. The van der Waals surface area contributed by atoms with E-state index in [4.69, 9.17) is 26.0 Å². The molecule has 10 rings (SSSR count). The molecule has 0 aliphatic rings. The third-order valence-electron chi connectivity index (χ3n) is 10.6. The minimum Gasteiger partial charge on any atom is -0.456 e. The van der Waals surface area contributed by atoms with E-state index in [0.717, 1.165) is 82.9 Å². The molecular formula is C49H43N3O3. The Morgan fingerprint density at radius 2 is 1.25 bits per heavy atom. The van der Waals surface area contributed by atoms with E-state index >= 15 is 0 Å². The van der Waals surface area contributed by atoms with Gasteiger partial charge in [-0.25, -0.2) is 9.97 Å². The Morgan fingerprint density at radius 3 is 1.98 bits per heavy atom. The highest BCUT2D eigenvalue weighted by Gasteiger charge is 2.28. The number of aromatic nitrogens is 3. The molecule has 6 aromatic carbocycles. The summed E-state index contributed by atoms with van der Waals surface area (Å²) in [7, 11) is 0. The summed E-state index contributed by atoms with van der Waals surface area (Å²) in [5, 5.41) is 3.97. The van der Waals surface area contributed by atoms with Crippen LogP contribution in [0.4, 0.5) is 0 Å². The second-order valence-electron chi connectivity index (χ2n) is 16.4. The molecule has 4 heterocycles. The molecule has 6 nitrogen and oxygen atoms in total. The minimum absolute atomic E-state index is 0.0515. The molecule has 6 heteroatoms. The molecule has 0 unspecified atom stereocenters. The Labute approximate surface area is 322 Å². The normalized spacial score (nSPS) is 13.5. The van der Waals surface area contributed by atoms with Crippen molar-refractivity contribution in [3.63, 3.8) is 0 Å². The number of hydrogen-bond acceptors (Lipinski definition) is 5. The average Bonchev–Trinajstić information content (AvgIpc) is 3.97. The molecule has 0 bridgehead atoms. The number of para-hydroxylation sites is 2. The molecule has 0 atom stereocenters. The molecule has 0 radical (unpaired) electrons. The number of rotatable bonds is 6. The van der Waals surface area contributed by atoms with Crippen molar-refractivity contribution in [2.24, 2.45) is 5.41 Å². The summed E-state index contributed by atoms with van der Waals surface area (Å²) in [5.41, 5.74) is 11.4. The molecule has 0 fully saturated rings. The van der Waals surface area contributed by atoms with Gasteiger partial charge in [-0.1, -0.05) is 109 Å². The van der Waals surface area contributed by atoms with Crippen molar-refractivity contribution in [1.82, 2.24) is 14.5 Å². The smallest absolute Gasteiger partial charge is 0.196 e. The van der Waals surface area contributed by atoms with Crippen LogP contribution in [-0.4, -0.2) is 14.5 Å². The number of benzene rings is 6. The fourth-order valence-electron chi connectivity index (χ4n) is 8.12. The van der Waals surface area contributed by atoms with Crippen molar-refractivity contribution in [3.05, 3.63) is 126 Å². The topological polar surface area (TPSA) is 70.1 Å². The molecule has 0 N–H and O–H groups in total. The summed E-state index contributed by atoms with van der Waals surface area (Å²) < 4.78 is 40.2. The lowest BCUT2D eigenvalue weighted by molar-refractivity contribution is 0.362. The van der Waals surface area contributed by atoms with Crippen LogP contribution in [-0.2, 0) is 6.37 Å². The third-order valence-corrected chi connectivity index (χ3v) is 10.6. The third kappa shape index (κ3) is 5.37. The van der Waals surface area contributed by atoms with Crippen LogP contribution in [0.15, 0.2) is 122 Å². The maximum atomic E-state index is 9.10. The van der Waals surface area contributed by atoms with Crippen molar-refractivity contribution in [2.45, 2.75) is 66.7 Å². The number of oxazole rings is 1. The molecule has 4 aromatic heterocycles. The van der Waals surface area contributed by atoms with E-state index in [1.807, 2.05) is 57.2 Å². The number of nitrogens with zero attached hydrogens (tertiary/aromatic N) is 3. The Bertz CT molecular complexity index is 3180. The van der Waals surface area contributed by atoms with Crippen molar-refractivity contribution in [2.75, 3.05) is 0 Å². The molecular weight excluding hydrogens is 679 g/mol. The highest BCUT2D eigenvalue weighted by atomic mass is 16.4. The van der Waals surface area contributed by atoms with Crippen LogP contribution in [0.25, 0.3) is 94.2 Å². The predicted octanol–water partition coefficient (Wildman–Crippen LogP) is 14.1. The zero-order valence-electron chi connectivity index (χ0n) is 34.1. The zero-order valence-corrected chi connectivity index (χ0v) is 32.1.